The molecule has 2 aromatic carbocycles. The highest BCUT2D eigenvalue weighted by atomic mass is 32.1. The van der Waals surface area contributed by atoms with E-state index in [0.717, 1.165) is 38.4 Å². The van der Waals surface area contributed by atoms with Crippen molar-refractivity contribution in [1.29, 1.82) is 0 Å². The quantitative estimate of drug-likeness (QED) is 0.188. The Kier molecular flexibility index (Phi) is 9.25. The van der Waals surface area contributed by atoms with Crippen LogP contribution in [0.4, 0.5) is 30.7 Å². The van der Waals surface area contributed by atoms with Gasteiger partial charge < -0.3 is 15.9 Å². The van der Waals surface area contributed by atoms with E-state index in [9.17, 15) is 35.8 Å². The maximum Gasteiger partial charge on any atom is 0.490 e. The molecule has 39 heavy (non-hydrogen) atoms. The van der Waals surface area contributed by atoms with Crippen molar-refractivity contribution in [2.75, 3.05) is 0 Å². The van der Waals surface area contributed by atoms with Gasteiger partial charge in [-0.3, -0.25) is 0 Å². The Balaban J connectivity index is 0.000000532. The number of benzene rings is 2. The van der Waals surface area contributed by atoms with Crippen LogP contribution >= 0.6 is 11.3 Å². The molecule has 0 radical (unpaired) electrons. The number of carboxylic acid groups (broad SMARTS) is 1. The number of halogens is 7. The number of hydrogen-bond donors (Lipinski definition) is 3. The predicted molar refractivity (Wildman–Crippen MR) is 129 cm³/mol. The van der Waals surface area contributed by atoms with Gasteiger partial charge in [-0.05, 0) is 41.1 Å². The maximum absolute atomic E-state index is 13.4. The fourth-order valence-corrected chi connectivity index (χ4v) is 4.32. The first-order valence-electron chi connectivity index (χ1n) is 11.1. The minimum Gasteiger partial charge on any atom is -0.475 e. The Hall–Kier alpha value is -3.62. The monoisotopic (exact) mass is 575 g/mol. The largest absolute Gasteiger partial charge is 0.490 e. The first kappa shape index (κ1) is 29.9. The minimum absolute atomic E-state index is 0.336. The number of aliphatic hydroxyl groups is 1. The highest BCUT2D eigenvalue weighted by Crippen LogP contribution is 2.32. The second-order valence-electron chi connectivity index (χ2n) is 8.26. The fraction of sp³-hybridized carbons (Fsp3) is 0.240. The van der Waals surface area contributed by atoms with Gasteiger partial charge in [-0.1, -0.05) is 24.3 Å². The number of pyridine rings is 1. The van der Waals surface area contributed by atoms with E-state index in [2.05, 4.69) is 9.97 Å². The summed E-state index contributed by atoms with van der Waals surface area (Å²) in [5.74, 6) is -3.30. The highest BCUT2D eigenvalue weighted by Gasteiger charge is 2.38. The molecule has 0 saturated carbocycles. The first-order valence-corrected chi connectivity index (χ1v) is 11.9. The number of aryl methyl sites for hydroxylation is 1. The van der Waals surface area contributed by atoms with E-state index in [1.165, 1.54) is 35.7 Å². The zero-order valence-electron chi connectivity index (χ0n) is 19.7. The lowest BCUT2D eigenvalue weighted by Gasteiger charge is -2.19. The molecule has 2 atom stereocenters. The summed E-state index contributed by atoms with van der Waals surface area (Å²) in [5.41, 5.74) is 6.55. The average molecular weight is 576 g/mol. The van der Waals surface area contributed by atoms with E-state index in [1.807, 2.05) is 18.2 Å². The second-order valence-corrected chi connectivity index (χ2v) is 9.37. The summed E-state index contributed by atoms with van der Waals surface area (Å²) in [7, 11) is 0. The van der Waals surface area contributed by atoms with Crippen molar-refractivity contribution in [2.24, 2.45) is 5.73 Å². The number of nitrogens with two attached hydrogens (primary N) is 1. The lowest BCUT2D eigenvalue weighted by Crippen LogP contribution is -2.29. The third kappa shape index (κ3) is 8.18. The highest BCUT2D eigenvalue weighted by molar-refractivity contribution is 7.15. The molecule has 0 aliphatic heterocycles. The number of rotatable bonds is 6. The van der Waals surface area contributed by atoms with Gasteiger partial charge in [-0.15, -0.1) is 11.3 Å². The first-order chi connectivity index (χ1) is 18.1. The van der Waals surface area contributed by atoms with Crippen LogP contribution in [0.5, 0.6) is 0 Å². The Morgan fingerprint density at radius 1 is 0.949 bits per heavy atom. The van der Waals surface area contributed by atoms with Crippen LogP contribution in [0.1, 0.15) is 28.7 Å². The molecule has 4 N–H and O–H groups in total. The normalized spacial score (nSPS) is 13.5. The number of alkyl halides is 6. The molecule has 0 spiro atoms. The molecule has 208 valence electrons. The van der Waals surface area contributed by atoms with Crippen molar-refractivity contribution in [3.05, 3.63) is 83.0 Å². The van der Waals surface area contributed by atoms with E-state index < -0.39 is 42.0 Å². The van der Waals surface area contributed by atoms with Crippen LogP contribution in [0.15, 0.2) is 60.9 Å². The molecule has 2 aromatic heterocycles. The molecule has 0 saturated heterocycles. The smallest absolute Gasteiger partial charge is 0.475 e. The number of aromatic nitrogens is 2. The molecule has 0 amide bonds. The number of aliphatic hydroxyl groups excluding tert-OH is 1. The summed E-state index contributed by atoms with van der Waals surface area (Å²) < 4.78 is 83.2. The van der Waals surface area contributed by atoms with Gasteiger partial charge in [0.25, 0.3) is 0 Å². The van der Waals surface area contributed by atoms with E-state index in [0.29, 0.717) is 18.4 Å². The van der Waals surface area contributed by atoms with E-state index in [-0.39, 0.29) is 0 Å². The lowest BCUT2D eigenvalue weighted by atomic mass is 9.98. The molecule has 0 unspecified atom stereocenters. The minimum atomic E-state index is -5.08. The molecule has 4 aromatic rings. The van der Waals surface area contributed by atoms with Crippen molar-refractivity contribution in [3.63, 3.8) is 0 Å². The van der Waals surface area contributed by atoms with Gasteiger partial charge in [0, 0.05) is 36.3 Å². The lowest BCUT2D eigenvalue weighted by molar-refractivity contribution is -0.192. The number of aliphatic carboxylic acids is 1. The summed E-state index contributed by atoms with van der Waals surface area (Å²) in [4.78, 5) is 17.9. The molecule has 14 heteroatoms. The molecular weight excluding hydrogens is 555 g/mol. The summed E-state index contributed by atoms with van der Waals surface area (Å²) in [6, 6.07) is 10.7. The van der Waals surface area contributed by atoms with Gasteiger partial charge in [0.15, 0.2) is 0 Å². The number of hydrogen-bond acceptors (Lipinski definition) is 6. The van der Waals surface area contributed by atoms with Crippen molar-refractivity contribution >= 4 is 28.1 Å². The van der Waals surface area contributed by atoms with Crippen LogP contribution in [0.3, 0.4) is 0 Å². The molecule has 0 aliphatic carbocycles. The van der Waals surface area contributed by atoms with Gasteiger partial charge in [0.05, 0.1) is 21.6 Å². The zero-order chi connectivity index (χ0) is 29.0. The average Bonchev–Trinajstić information content (AvgIpc) is 3.35. The Labute approximate surface area is 220 Å². The summed E-state index contributed by atoms with van der Waals surface area (Å²) in [6.07, 6.45) is -6.46. The third-order valence-electron chi connectivity index (χ3n) is 5.45. The Morgan fingerprint density at radius 3 is 2.18 bits per heavy atom. The molecule has 0 fully saturated rings. The zero-order valence-corrected chi connectivity index (χ0v) is 20.5. The molecular formula is C25H20F7N3O3S. The number of fused-ring (bicyclic) bond motifs is 1. The van der Waals surface area contributed by atoms with Gasteiger partial charge >= 0.3 is 18.3 Å². The number of nitrogens with zero attached hydrogens (tertiary/aromatic N) is 2. The molecule has 4 rings (SSSR count). The van der Waals surface area contributed by atoms with Gasteiger partial charge in [-0.2, -0.15) is 30.7 Å². The SMILES string of the molecule is N[C@H](CCc1ncc(-c2ccc3cnc(F)cc3c2)s1)[C@@H](O)c1ccc(C(F)(F)F)cc1.O=C(O)C(F)(F)F. The van der Waals surface area contributed by atoms with Gasteiger partial charge in [-0.25, -0.2) is 14.8 Å². The van der Waals surface area contributed by atoms with E-state index in [1.54, 1.807) is 6.20 Å². The second kappa shape index (κ2) is 12.1. The number of carbonyl (C=O) groups is 1. The van der Waals surface area contributed by atoms with Crippen molar-refractivity contribution in [1.82, 2.24) is 9.97 Å². The van der Waals surface area contributed by atoms with Gasteiger partial charge in [0.1, 0.15) is 0 Å². The number of thiazole rings is 1. The number of carboxylic acids is 1. The standard InChI is InChI=1S/C23H19F4N3OS.C2HF3O2/c24-20-10-16-9-14(1-2-15(16)11-29-20)19-12-30-21(32-19)8-7-18(28)22(31)13-3-5-17(6-4-13)23(25,26)27;3-2(4,5)1(6)7/h1-6,9-12,18,22,31H,7-8,28H2;(H,6,7)/t18-,22+;/m1./s1. The topological polar surface area (TPSA) is 109 Å². The van der Waals surface area contributed by atoms with E-state index in [4.69, 9.17) is 15.6 Å². The van der Waals surface area contributed by atoms with Crippen LogP contribution in [0.25, 0.3) is 21.2 Å². The maximum atomic E-state index is 13.4. The van der Waals surface area contributed by atoms with Crippen molar-refractivity contribution < 1.29 is 45.7 Å². The summed E-state index contributed by atoms with van der Waals surface area (Å²) in [5, 5.41) is 19.9. The molecule has 2 heterocycles. The fourth-order valence-electron chi connectivity index (χ4n) is 3.39. The predicted octanol–water partition coefficient (Wildman–Crippen LogP) is 6.14. The van der Waals surface area contributed by atoms with Crippen LogP contribution in [-0.4, -0.2) is 38.4 Å². The van der Waals surface area contributed by atoms with Crippen LogP contribution < -0.4 is 5.73 Å². The van der Waals surface area contributed by atoms with Crippen molar-refractivity contribution in [3.8, 4) is 10.4 Å². The summed E-state index contributed by atoms with van der Waals surface area (Å²) in [6.45, 7) is 0. The van der Waals surface area contributed by atoms with Gasteiger partial charge in [0.2, 0.25) is 5.95 Å². The molecule has 6 nitrogen and oxygen atoms in total. The van der Waals surface area contributed by atoms with Crippen LogP contribution in [-0.2, 0) is 17.4 Å². The summed E-state index contributed by atoms with van der Waals surface area (Å²) >= 11 is 1.47. The van der Waals surface area contributed by atoms with E-state index >= 15 is 0 Å². The Morgan fingerprint density at radius 2 is 1.59 bits per heavy atom. The third-order valence-corrected chi connectivity index (χ3v) is 6.55. The molecule has 0 bridgehead atoms. The van der Waals surface area contributed by atoms with Crippen LogP contribution in [0, 0.1) is 5.95 Å². The van der Waals surface area contributed by atoms with Crippen LogP contribution in [0.2, 0.25) is 0 Å². The molecule has 0 aliphatic rings. The Bertz CT molecular complexity index is 1420. The van der Waals surface area contributed by atoms with Crippen molar-refractivity contribution in [2.45, 2.75) is 37.3 Å².